The van der Waals surface area contributed by atoms with Crippen LogP contribution in [0.4, 0.5) is 0 Å². The normalized spacial score (nSPS) is 34.6. The Balaban J connectivity index is 1.59. The average molecular weight is 286 g/mol. The first kappa shape index (κ1) is 14.6. The molecular formula is C16H19BO4. The van der Waals surface area contributed by atoms with Crippen molar-refractivity contribution in [1.82, 2.24) is 0 Å². The number of benzene rings is 1. The molecule has 2 heterocycles. The summed E-state index contributed by atoms with van der Waals surface area (Å²) >= 11 is 0. The molecule has 2 bridgehead atoms. The lowest BCUT2D eigenvalue weighted by Gasteiger charge is -2.36. The zero-order valence-electron chi connectivity index (χ0n) is 12.2. The first-order chi connectivity index (χ1) is 10.1. The fourth-order valence-corrected chi connectivity index (χ4v) is 3.25. The first-order valence-electron chi connectivity index (χ1n) is 7.35. The van der Waals surface area contributed by atoms with Crippen LogP contribution in [-0.4, -0.2) is 38.1 Å². The molecule has 21 heavy (non-hydrogen) atoms. The summed E-state index contributed by atoms with van der Waals surface area (Å²) in [6.45, 7) is 2.89. The van der Waals surface area contributed by atoms with Gasteiger partial charge in [0.15, 0.2) is 0 Å². The quantitative estimate of drug-likeness (QED) is 0.625. The molecule has 0 amide bonds. The number of carbonyl (C=O) groups excluding carboxylic acids is 1. The van der Waals surface area contributed by atoms with Gasteiger partial charge in [-0.1, -0.05) is 37.3 Å². The molecule has 2 radical (unpaired) electrons. The number of ether oxygens (including phenoxy) is 3. The summed E-state index contributed by atoms with van der Waals surface area (Å²) in [6, 6.07) is 9.19. The van der Waals surface area contributed by atoms with Crippen LogP contribution in [0.1, 0.15) is 25.3 Å². The van der Waals surface area contributed by atoms with E-state index in [2.05, 4.69) is 0 Å². The summed E-state index contributed by atoms with van der Waals surface area (Å²) < 4.78 is 16.8. The lowest BCUT2D eigenvalue weighted by atomic mass is 9.77. The fraction of sp³-hybridized carbons (Fsp3) is 0.562. The van der Waals surface area contributed by atoms with Gasteiger partial charge in [-0.3, -0.25) is 4.79 Å². The Bertz CT molecular complexity index is 506. The lowest BCUT2D eigenvalue weighted by molar-refractivity contribution is -0.155. The van der Waals surface area contributed by atoms with Gasteiger partial charge in [-0.15, -0.1) is 0 Å². The summed E-state index contributed by atoms with van der Waals surface area (Å²) in [6.07, 6.45) is 0.786. The Kier molecular flexibility index (Phi) is 4.04. The highest BCUT2D eigenvalue weighted by Gasteiger charge is 2.54. The molecule has 0 aliphatic carbocycles. The molecular weight excluding hydrogens is 267 g/mol. The number of carbonyl (C=O) groups is 1. The third-order valence-electron chi connectivity index (χ3n) is 4.54. The van der Waals surface area contributed by atoms with Crippen molar-refractivity contribution in [1.29, 1.82) is 0 Å². The van der Waals surface area contributed by atoms with Crippen molar-refractivity contribution in [2.75, 3.05) is 6.61 Å². The van der Waals surface area contributed by atoms with E-state index in [1.165, 1.54) is 0 Å². The van der Waals surface area contributed by atoms with E-state index in [-0.39, 0.29) is 31.0 Å². The summed E-state index contributed by atoms with van der Waals surface area (Å²) in [7, 11) is 5.94. The minimum Gasteiger partial charge on any atom is -0.461 e. The second-order valence-electron chi connectivity index (χ2n) is 5.84. The zero-order chi connectivity index (χ0) is 14.9. The van der Waals surface area contributed by atoms with Crippen molar-refractivity contribution in [2.24, 2.45) is 5.92 Å². The van der Waals surface area contributed by atoms with E-state index in [9.17, 15) is 4.79 Å². The van der Waals surface area contributed by atoms with Crippen molar-refractivity contribution in [3.63, 3.8) is 0 Å². The van der Waals surface area contributed by atoms with Crippen LogP contribution in [0.2, 0.25) is 0 Å². The molecule has 2 unspecified atom stereocenters. The minimum atomic E-state index is -0.532. The lowest BCUT2D eigenvalue weighted by Crippen LogP contribution is -2.44. The zero-order valence-corrected chi connectivity index (χ0v) is 12.2. The number of rotatable bonds is 4. The first-order valence-corrected chi connectivity index (χ1v) is 7.35. The van der Waals surface area contributed by atoms with Gasteiger partial charge in [0.1, 0.15) is 14.5 Å². The third kappa shape index (κ3) is 2.85. The van der Waals surface area contributed by atoms with Crippen molar-refractivity contribution < 1.29 is 19.0 Å². The highest BCUT2D eigenvalue weighted by molar-refractivity contribution is 6.11. The summed E-state index contributed by atoms with van der Waals surface area (Å²) in [5.74, 6) is -0.147. The van der Waals surface area contributed by atoms with Gasteiger partial charge in [-0.25, -0.2) is 0 Å². The van der Waals surface area contributed by atoms with Gasteiger partial charge in [0.2, 0.25) is 0 Å². The molecule has 1 aromatic carbocycles. The number of hydrogen-bond donors (Lipinski definition) is 0. The van der Waals surface area contributed by atoms with Crippen molar-refractivity contribution in [2.45, 2.75) is 44.1 Å². The molecule has 2 aliphatic rings. The van der Waals surface area contributed by atoms with Crippen LogP contribution in [0.3, 0.4) is 0 Å². The Hall–Kier alpha value is -1.33. The average Bonchev–Trinajstić information content (AvgIpc) is 2.62. The van der Waals surface area contributed by atoms with Gasteiger partial charge >= 0.3 is 5.97 Å². The molecule has 0 saturated carbocycles. The fourth-order valence-electron chi connectivity index (χ4n) is 3.25. The van der Waals surface area contributed by atoms with Crippen LogP contribution < -0.4 is 0 Å². The highest BCUT2D eigenvalue weighted by atomic mass is 16.6. The topological polar surface area (TPSA) is 44.8 Å². The molecule has 3 rings (SSSR count). The van der Waals surface area contributed by atoms with E-state index < -0.39 is 11.6 Å². The van der Waals surface area contributed by atoms with E-state index in [1.54, 1.807) is 0 Å². The van der Waals surface area contributed by atoms with Gasteiger partial charge < -0.3 is 14.2 Å². The van der Waals surface area contributed by atoms with Gasteiger partial charge in [-0.2, -0.15) is 0 Å². The standard InChI is InChI=1S/C16H19BO4/c1-11-14-15(17)21-16(11,7-8-19-14)9-13(18)20-10-12-5-3-2-4-6-12/h2-6,11,14-15H,7-10H2,1H3/t11?,14?,15-,16-/m1/s1. The van der Waals surface area contributed by atoms with Crippen LogP contribution >= 0.6 is 0 Å². The van der Waals surface area contributed by atoms with Gasteiger partial charge in [0.05, 0.1) is 18.1 Å². The SMILES string of the molecule is [B][C@@H]1O[C@@]2(CC(=O)OCc3ccccc3)CCOC1C2C. The number of fused-ring (bicyclic) bond motifs is 2. The molecule has 0 N–H and O–H groups in total. The van der Waals surface area contributed by atoms with Crippen LogP contribution in [0.25, 0.3) is 0 Å². The van der Waals surface area contributed by atoms with Crippen LogP contribution in [0.15, 0.2) is 30.3 Å². The van der Waals surface area contributed by atoms with Gasteiger partial charge in [0.25, 0.3) is 0 Å². The Morgan fingerprint density at radius 2 is 2.19 bits per heavy atom. The van der Waals surface area contributed by atoms with Gasteiger partial charge in [-0.05, 0) is 5.56 Å². The molecule has 4 nitrogen and oxygen atoms in total. The molecule has 110 valence electrons. The molecule has 2 saturated heterocycles. The molecule has 5 heteroatoms. The predicted octanol–water partition coefficient (Wildman–Crippen LogP) is 1.81. The summed E-state index contributed by atoms with van der Waals surface area (Å²) in [5, 5.41) is 0. The molecule has 0 aromatic heterocycles. The predicted molar refractivity (Wildman–Crippen MR) is 77.7 cm³/mol. The van der Waals surface area contributed by atoms with E-state index in [0.29, 0.717) is 13.0 Å². The smallest absolute Gasteiger partial charge is 0.309 e. The maximum atomic E-state index is 12.1. The number of esters is 1. The third-order valence-corrected chi connectivity index (χ3v) is 4.54. The van der Waals surface area contributed by atoms with E-state index in [0.717, 1.165) is 5.56 Å². The largest absolute Gasteiger partial charge is 0.461 e. The van der Waals surface area contributed by atoms with Crippen molar-refractivity contribution >= 4 is 13.8 Å². The Morgan fingerprint density at radius 1 is 1.43 bits per heavy atom. The van der Waals surface area contributed by atoms with E-state index in [1.807, 2.05) is 37.3 Å². The maximum Gasteiger partial charge on any atom is 0.309 e. The minimum absolute atomic E-state index is 0.102. The monoisotopic (exact) mass is 286 g/mol. The second kappa shape index (κ2) is 5.81. The maximum absolute atomic E-state index is 12.1. The summed E-state index contributed by atoms with van der Waals surface area (Å²) in [4.78, 5) is 12.1. The molecule has 4 atom stereocenters. The number of hydrogen-bond acceptors (Lipinski definition) is 4. The molecule has 0 spiro atoms. The van der Waals surface area contributed by atoms with Crippen LogP contribution in [0.5, 0.6) is 0 Å². The van der Waals surface area contributed by atoms with E-state index >= 15 is 0 Å². The molecule has 2 aliphatic heterocycles. The molecule has 1 aromatic rings. The van der Waals surface area contributed by atoms with Crippen molar-refractivity contribution in [3.05, 3.63) is 35.9 Å². The van der Waals surface area contributed by atoms with Crippen LogP contribution in [-0.2, 0) is 25.6 Å². The van der Waals surface area contributed by atoms with Crippen LogP contribution in [0, 0.1) is 5.92 Å². The van der Waals surface area contributed by atoms with E-state index in [4.69, 9.17) is 22.1 Å². The Labute approximate surface area is 126 Å². The summed E-state index contributed by atoms with van der Waals surface area (Å²) in [5.41, 5.74) is 0.445. The second-order valence-corrected chi connectivity index (χ2v) is 5.84. The van der Waals surface area contributed by atoms with Gasteiger partial charge in [0, 0.05) is 24.9 Å². The highest BCUT2D eigenvalue weighted by Crippen LogP contribution is 2.45. The Morgan fingerprint density at radius 3 is 2.95 bits per heavy atom. The molecule has 2 fully saturated rings. The van der Waals surface area contributed by atoms with Crippen molar-refractivity contribution in [3.8, 4) is 0 Å².